The number of aliphatic carboxylic acids is 1. The van der Waals surface area contributed by atoms with Gasteiger partial charge in [-0.15, -0.1) is 0 Å². The van der Waals surface area contributed by atoms with Gasteiger partial charge in [-0.1, -0.05) is 209 Å². The number of hydrogen-bond donors (Lipinski definition) is 0. The molecule has 0 amide bonds. The number of quaternary nitrogens is 1. The number of ether oxygens (including phenoxy) is 3. The predicted octanol–water partition coefficient (Wildman–Crippen LogP) is 14.1. The van der Waals surface area contributed by atoms with E-state index in [4.69, 9.17) is 14.2 Å². The molecule has 0 heterocycles. The molecule has 0 aliphatic heterocycles. The van der Waals surface area contributed by atoms with Gasteiger partial charge in [0.2, 0.25) is 0 Å². The minimum absolute atomic E-state index is 0.0289. The monoisotopic (exact) mass is 910 g/mol. The Bertz CT molecular complexity index is 1290. The highest BCUT2D eigenvalue weighted by molar-refractivity contribution is 5.70. The number of hydrogen-bond acceptors (Lipinski definition) is 7. The fourth-order valence-electron chi connectivity index (χ4n) is 7.55. The third kappa shape index (κ3) is 45.7. The first-order chi connectivity index (χ1) is 31.6. The number of unbranched alkanes of at least 4 members (excludes halogenated alkanes) is 21. The number of allylic oxidation sites excluding steroid dienone is 12. The van der Waals surface area contributed by atoms with E-state index >= 15 is 0 Å². The molecular formula is C57H99NO7. The lowest BCUT2D eigenvalue weighted by Crippen LogP contribution is -2.55. The molecule has 0 saturated heterocycles. The van der Waals surface area contributed by atoms with Crippen molar-refractivity contribution < 1.29 is 38.2 Å². The van der Waals surface area contributed by atoms with Gasteiger partial charge in [-0.3, -0.25) is 9.59 Å². The van der Waals surface area contributed by atoms with E-state index in [1.165, 1.54) is 96.3 Å². The second-order valence-corrected chi connectivity index (χ2v) is 18.7. The highest BCUT2D eigenvalue weighted by Gasteiger charge is 2.25. The van der Waals surface area contributed by atoms with E-state index in [-0.39, 0.29) is 49.1 Å². The zero-order valence-corrected chi connectivity index (χ0v) is 42.6. The fraction of sp³-hybridized carbons (Fsp3) is 0.737. The Labute approximate surface area is 400 Å². The van der Waals surface area contributed by atoms with Crippen LogP contribution < -0.4 is 5.11 Å². The van der Waals surface area contributed by atoms with Crippen molar-refractivity contribution in [2.75, 3.05) is 41.0 Å². The Hall–Kier alpha value is -3.23. The highest BCUT2D eigenvalue weighted by Crippen LogP contribution is 2.16. The van der Waals surface area contributed by atoms with E-state index in [1.54, 1.807) is 21.1 Å². The Morgan fingerprint density at radius 2 is 0.862 bits per heavy atom. The largest absolute Gasteiger partial charge is 0.544 e. The van der Waals surface area contributed by atoms with Crippen molar-refractivity contribution in [3.63, 3.8) is 0 Å². The quantitative estimate of drug-likeness (QED) is 0.0259. The zero-order chi connectivity index (χ0) is 47.7. The van der Waals surface area contributed by atoms with Gasteiger partial charge in [0.15, 0.2) is 6.10 Å². The average molecular weight is 910 g/mol. The Morgan fingerprint density at radius 1 is 0.477 bits per heavy atom. The van der Waals surface area contributed by atoms with Gasteiger partial charge in [0.1, 0.15) is 12.6 Å². The first-order valence-electron chi connectivity index (χ1n) is 26.5. The van der Waals surface area contributed by atoms with Crippen LogP contribution in [0.2, 0.25) is 0 Å². The number of likely N-dealkylation sites (N-methyl/N-ethyl adjacent to an activating group) is 1. The molecule has 374 valence electrons. The molecule has 0 aromatic carbocycles. The van der Waals surface area contributed by atoms with Gasteiger partial charge in [-0.2, -0.15) is 0 Å². The Kier molecular flexibility index (Phi) is 44.9. The molecule has 0 saturated carbocycles. The van der Waals surface area contributed by atoms with Crippen molar-refractivity contribution in [3.05, 3.63) is 72.9 Å². The second-order valence-electron chi connectivity index (χ2n) is 18.7. The lowest BCUT2D eigenvalue weighted by Gasteiger charge is -2.34. The van der Waals surface area contributed by atoms with Crippen molar-refractivity contribution in [2.24, 2.45) is 0 Å². The van der Waals surface area contributed by atoms with Crippen molar-refractivity contribution in [1.82, 2.24) is 0 Å². The maximum Gasteiger partial charge on any atom is 0.306 e. The summed E-state index contributed by atoms with van der Waals surface area (Å²) in [5, 5.41) is 11.7. The van der Waals surface area contributed by atoms with Crippen molar-refractivity contribution in [1.29, 1.82) is 0 Å². The van der Waals surface area contributed by atoms with Gasteiger partial charge in [0, 0.05) is 19.3 Å². The van der Waals surface area contributed by atoms with Gasteiger partial charge in [-0.05, 0) is 64.2 Å². The summed E-state index contributed by atoms with van der Waals surface area (Å²) in [5.41, 5.74) is 0. The first kappa shape index (κ1) is 61.8. The summed E-state index contributed by atoms with van der Waals surface area (Å²) >= 11 is 0. The van der Waals surface area contributed by atoms with Crippen LogP contribution >= 0.6 is 0 Å². The van der Waals surface area contributed by atoms with Crippen LogP contribution in [-0.2, 0) is 28.6 Å². The van der Waals surface area contributed by atoms with E-state index in [1.807, 2.05) is 0 Å². The lowest BCUT2D eigenvalue weighted by atomic mass is 10.0. The maximum absolute atomic E-state index is 12.8. The summed E-state index contributed by atoms with van der Waals surface area (Å²) in [4.78, 5) is 37.1. The summed E-state index contributed by atoms with van der Waals surface area (Å²) in [7, 11) is 5.41. The van der Waals surface area contributed by atoms with E-state index in [0.29, 0.717) is 6.42 Å². The lowest BCUT2D eigenvalue weighted by molar-refractivity contribution is -0.889. The molecule has 0 aliphatic rings. The van der Waals surface area contributed by atoms with Gasteiger partial charge in [0.05, 0.1) is 40.3 Å². The van der Waals surface area contributed by atoms with Crippen LogP contribution in [0.3, 0.4) is 0 Å². The number of esters is 2. The third-order valence-electron chi connectivity index (χ3n) is 11.6. The molecule has 0 radical (unpaired) electrons. The maximum atomic E-state index is 12.8. The number of carboxylic acid groups (broad SMARTS) is 1. The molecule has 8 heteroatoms. The van der Waals surface area contributed by atoms with Crippen LogP contribution in [0, 0.1) is 0 Å². The molecule has 0 bridgehead atoms. The Morgan fingerprint density at radius 3 is 1.28 bits per heavy atom. The molecular weight excluding hydrogens is 811 g/mol. The van der Waals surface area contributed by atoms with Crippen LogP contribution in [-0.4, -0.2) is 75.5 Å². The van der Waals surface area contributed by atoms with E-state index in [9.17, 15) is 19.5 Å². The Balaban J connectivity index is 4.29. The number of carbonyl (C=O) groups is 3. The van der Waals surface area contributed by atoms with Gasteiger partial charge < -0.3 is 28.6 Å². The molecule has 65 heavy (non-hydrogen) atoms. The number of nitrogens with zero attached hydrogens (tertiary/aromatic N) is 1. The molecule has 0 aromatic rings. The van der Waals surface area contributed by atoms with Gasteiger partial charge in [-0.25, -0.2) is 0 Å². The minimum atomic E-state index is -1.13. The van der Waals surface area contributed by atoms with Gasteiger partial charge in [0.25, 0.3) is 0 Å². The summed E-state index contributed by atoms with van der Waals surface area (Å²) in [5.74, 6) is -1.76. The summed E-state index contributed by atoms with van der Waals surface area (Å²) in [6.07, 6.45) is 60.7. The van der Waals surface area contributed by atoms with Crippen molar-refractivity contribution in [3.8, 4) is 0 Å². The van der Waals surface area contributed by atoms with Crippen LogP contribution in [0.4, 0.5) is 0 Å². The minimum Gasteiger partial charge on any atom is -0.544 e. The topological polar surface area (TPSA) is 102 Å². The van der Waals surface area contributed by atoms with E-state index in [0.717, 1.165) is 89.9 Å². The first-order valence-corrected chi connectivity index (χ1v) is 26.5. The second kappa shape index (κ2) is 47.3. The fourth-order valence-corrected chi connectivity index (χ4v) is 7.55. The van der Waals surface area contributed by atoms with Crippen LogP contribution in [0.1, 0.15) is 219 Å². The standard InChI is InChI=1S/C57H99NO7/c1-6-8-10-12-14-16-18-20-22-24-26-27-28-29-30-32-34-36-38-40-42-44-46-48-56(60)65-53(51-63-50-49-54(57(61)62)58(3,4)5)52-64-55(59)47-45-43-41-39-37-35-33-31-25-23-21-19-17-15-13-11-9-7-2/h8,10,14,16,20,22,26-27,29-30,34,36,53-54H,6-7,9,11-13,15,17-19,21,23-25,28,31-33,35,37-52H2,1-5H3/b10-8+,16-14+,22-20+,27-26+,30-29+,36-34+. The molecule has 8 nitrogen and oxygen atoms in total. The van der Waals surface area contributed by atoms with E-state index in [2.05, 4.69) is 86.8 Å². The molecule has 0 N–H and O–H groups in total. The molecule has 0 rings (SSSR count). The number of carboxylic acids is 1. The van der Waals surface area contributed by atoms with Crippen LogP contribution in [0.15, 0.2) is 72.9 Å². The highest BCUT2D eigenvalue weighted by atomic mass is 16.6. The molecule has 0 aliphatic carbocycles. The molecule has 0 fully saturated rings. The molecule has 0 spiro atoms. The third-order valence-corrected chi connectivity index (χ3v) is 11.6. The number of carbonyl (C=O) groups excluding carboxylic acids is 3. The summed E-state index contributed by atoms with van der Waals surface area (Å²) in [6, 6.07) is -0.734. The van der Waals surface area contributed by atoms with Gasteiger partial charge >= 0.3 is 11.9 Å². The molecule has 0 aromatic heterocycles. The smallest absolute Gasteiger partial charge is 0.306 e. The number of rotatable bonds is 47. The van der Waals surface area contributed by atoms with Crippen molar-refractivity contribution in [2.45, 2.75) is 231 Å². The van der Waals surface area contributed by atoms with Crippen molar-refractivity contribution >= 4 is 17.9 Å². The average Bonchev–Trinajstić information content (AvgIpc) is 3.27. The van der Waals surface area contributed by atoms with Crippen LogP contribution in [0.5, 0.6) is 0 Å². The van der Waals surface area contributed by atoms with E-state index < -0.39 is 18.1 Å². The summed E-state index contributed by atoms with van der Waals surface area (Å²) in [6.45, 7) is 4.54. The summed E-state index contributed by atoms with van der Waals surface area (Å²) < 4.78 is 17.2. The SMILES string of the molecule is CC/C=C/C/C=C/C/C=C/C/C=C/C/C=C/C/C=C/CCCCCCC(=O)OC(COCCC(C(=O)[O-])[N+](C)(C)C)COC(=O)CCCCCCCCCCCCCCCCCCCC. The molecule has 2 unspecified atom stereocenters. The normalized spacial score (nSPS) is 13.4. The zero-order valence-electron chi connectivity index (χ0n) is 42.6. The molecule has 2 atom stereocenters. The predicted molar refractivity (Wildman–Crippen MR) is 272 cm³/mol. The van der Waals surface area contributed by atoms with Crippen LogP contribution in [0.25, 0.3) is 0 Å².